The fourth-order valence-electron chi connectivity index (χ4n) is 1.47. The summed E-state index contributed by atoms with van der Waals surface area (Å²) < 4.78 is 2.00. The predicted molar refractivity (Wildman–Crippen MR) is 58.4 cm³/mol. The van der Waals surface area contributed by atoms with Gasteiger partial charge < -0.3 is 10.2 Å². The van der Waals surface area contributed by atoms with Crippen LogP contribution in [0.15, 0.2) is 18.5 Å². The van der Waals surface area contributed by atoms with Gasteiger partial charge in [-0.05, 0) is 27.1 Å². The van der Waals surface area contributed by atoms with Crippen molar-refractivity contribution >= 4 is 0 Å². The molecule has 80 valence electrons. The monoisotopic (exact) mass is 196 g/mol. The number of aromatic nitrogens is 2. The molecule has 0 saturated heterocycles. The van der Waals surface area contributed by atoms with Gasteiger partial charge in [0.1, 0.15) is 0 Å². The van der Waals surface area contributed by atoms with Gasteiger partial charge in [-0.3, -0.25) is 4.68 Å². The van der Waals surface area contributed by atoms with Crippen LogP contribution < -0.4 is 5.32 Å². The van der Waals surface area contributed by atoms with Gasteiger partial charge in [-0.2, -0.15) is 5.10 Å². The first-order valence-electron chi connectivity index (χ1n) is 5.06. The van der Waals surface area contributed by atoms with Crippen molar-refractivity contribution in [2.45, 2.75) is 13.0 Å². The van der Waals surface area contributed by atoms with Crippen LogP contribution in [-0.2, 0) is 0 Å². The Morgan fingerprint density at radius 2 is 2.36 bits per heavy atom. The van der Waals surface area contributed by atoms with Crippen LogP contribution in [0.3, 0.4) is 0 Å². The molecule has 1 heterocycles. The first kappa shape index (κ1) is 11.2. The van der Waals surface area contributed by atoms with Crippen LogP contribution in [-0.4, -0.2) is 48.4 Å². The van der Waals surface area contributed by atoms with E-state index in [1.807, 2.05) is 30.2 Å². The summed E-state index contributed by atoms with van der Waals surface area (Å²) in [5.41, 5.74) is 0. The highest BCUT2D eigenvalue weighted by molar-refractivity contribution is 4.81. The molecule has 1 atom stereocenters. The average Bonchev–Trinajstić information content (AvgIpc) is 2.67. The molecule has 1 aromatic heterocycles. The maximum atomic E-state index is 4.22. The molecular formula is C10H20N4. The molecule has 14 heavy (non-hydrogen) atoms. The van der Waals surface area contributed by atoms with E-state index in [4.69, 9.17) is 0 Å². The SMILES string of the molecule is CNCCN(C)CC(C)n1cccn1. The Balaban J connectivity index is 2.29. The van der Waals surface area contributed by atoms with Gasteiger partial charge in [0.25, 0.3) is 0 Å². The normalized spacial score (nSPS) is 13.4. The Bertz CT molecular complexity index is 232. The van der Waals surface area contributed by atoms with Gasteiger partial charge in [-0.25, -0.2) is 0 Å². The van der Waals surface area contributed by atoms with E-state index in [1.165, 1.54) is 0 Å². The van der Waals surface area contributed by atoms with Gasteiger partial charge in [0.15, 0.2) is 0 Å². The van der Waals surface area contributed by atoms with Crippen LogP contribution in [0.1, 0.15) is 13.0 Å². The van der Waals surface area contributed by atoms with Crippen molar-refractivity contribution in [1.82, 2.24) is 20.0 Å². The van der Waals surface area contributed by atoms with Crippen molar-refractivity contribution in [2.24, 2.45) is 0 Å². The van der Waals surface area contributed by atoms with E-state index in [-0.39, 0.29) is 0 Å². The molecule has 0 bridgehead atoms. The largest absolute Gasteiger partial charge is 0.318 e. The van der Waals surface area contributed by atoms with Crippen molar-refractivity contribution in [1.29, 1.82) is 0 Å². The second-order valence-corrected chi connectivity index (χ2v) is 3.70. The van der Waals surface area contributed by atoms with Crippen molar-refractivity contribution in [2.75, 3.05) is 33.7 Å². The lowest BCUT2D eigenvalue weighted by Gasteiger charge is -2.21. The molecule has 0 spiro atoms. The van der Waals surface area contributed by atoms with E-state index < -0.39 is 0 Å². The zero-order valence-corrected chi connectivity index (χ0v) is 9.27. The van der Waals surface area contributed by atoms with Crippen molar-refractivity contribution in [3.8, 4) is 0 Å². The van der Waals surface area contributed by atoms with Crippen LogP contribution in [0.25, 0.3) is 0 Å². The number of hydrogen-bond donors (Lipinski definition) is 1. The molecule has 0 radical (unpaired) electrons. The minimum Gasteiger partial charge on any atom is -0.318 e. The van der Waals surface area contributed by atoms with E-state index in [0.717, 1.165) is 19.6 Å². The summed E-state index contributed by atoms with van der Waals surface area (Å²) in [6.45, 7) is 5.32. The van der Waals surface area contributed by atoms with E-state index in [9.17, 15) is 0 Å². The Morgan fingerprint density at radius 3 is 2.93 bits per heavy atom. The number of hydrogen-bond acceptors (Lipinski definition) is 3. The van der Waals surface area contributed by atoms with Gasteiger partial charge in [0.2, 0.25) is 0 Å². The Hall–Kier alpha value is -0.870. The van der Waals surface area contributed by atoms with E-state index in [2.05, 4.69) is 29.3 Å². The highest BCUT2D eigenvalue weighted by atomic mass is 15.3. The van der Waals surface area contributed by atoms with E-state index in [0.29, 0.717) is 6.04 Å². The molecule has 0 fully saturated rings. The zero-order chi connectivity index (χ0) is 10.4. The molecule has 4 heteroatoms. The molecule has 1 N–H and O–H groups in total. The summed E-state index contributed by atoms with van der Waals surface area (Å²) in [5, 5.41) is 7.37. The number of likely N-dealkylation sites (N-methyl/N-ethyl adjacent to an activating group) is 2. The molecule has 1 unspecified atom stereocenters. The number of nitrogens with zero attached hydrogens (tertiary/aromatic N) is 3. The first-order valence-corrected chi connectivity index (χ1v) is 5.06. The molecule has 0 aromatic carbocycles. The summed E-state index contributed by atoms with van der Waals surface area (Å²) in [6.07, 6.45) is 3.83. The average molecular weight is 196 g/mol. The maximum Gasteiger partial charge on any atom is 0.0617 e. The summed E-state index contributed by atoms with van der Waals surface area (Å²) in [7, 11) is 4.11. The second kappa shape index (κ2) is 5.78. The third-order valence-corrected chi connectivity index (χ3v) is 2.30. The molecule has 1 rings (SSSR count). The predicted octanol–water partition coefficient (Wildman–Crippen LogP) is 0.595. The quantitative estimate of drug-likeness (QED) is 0.723. The summed E-state index contributed by atoms with van der Waals surface area (Å²) in [4.78, 5) is 2.31. The molecule has 0 aliphatic rings. The van der Waals surface area contributed by atoms with Gasteiger partial charge in [-0.1, -0.05) is 0 Å². The van der Waals surface area contributed by atoms with Gasteiger partial charge in [-0.15, -0.1) is 0 Å². The fraction of sp³-hybridized carbons (Fsp3) is 0.700. The molecule has 0 saturated carbocycles. The smallest absolute Gasteiger partial charge is 0.0617 e. The first-order chi connectivity index (χ1) is 6.74. The molecular weight excluding hydrogens is 176 g/mol. The van der Waals surface area contributed by atoms with Crippen LogP contribution in [0, 0.1) is 0 Å². The summed E-state index contributed by atoms with van der Waals surface area (Å²) in [6, 6.07) is 2.40. The summed E-state index contributed by atoms with van der Waals surface area (Å²) in [5.74, 6) is 0. The van der Waals surface area contributed by atoms with Crippen LogP contribution in [0.4, 0.5) is 0 Å². The molecule has 0 aliphatic heterocycles. The van der Waals surface area contributed by atoms with Crippen molar-refractivity contribution in [3.05, 3.63) is 18.5 Å². The maximum absolute atomic E-state index is 4.22. The molecule has 0 aliphatic carbocycles. The highest BCUT2D eigenvalue weighted by Crippen LogP contribution is 2.04. The Morgan fingerprint density at radius 1 is 1.57 bits per heavy atom. The van der Waals surface area contributed by atoms with Crippen molar-refractivity contribution in [3.63, 3.8) is 0 Å². The highest BCUT2D eigenvalue weighted by Gasteiger charge is 2.07. The van der Waals surface area contributed by atoms with Crippen LogP contribution in [0.2, 0.25) is 0 Å². The molecule has 4 nitrogen and oxygen atoms in total. The van der Waals surface area contributed by atoms with Crippen molar-refractivity contribution < 1.29 is 0 Å². The Kier molecular flexibility index (Phi) is 4.62. The lowest BCUT2D eigenvalue weighted by molar-refractivity contribution is 0.277. The van der Waals surface area contributed by atoms with Gasteiger partial charge >= 0.3 is 0 Å². The lowest BCUT2D eigenvalue weighted by atomic mass is 10.3. The molecule has 1 aromatic rings. The zero-order valence-electron chi connectivity index (χ0n) is 9.27. The third-order valence-electron chi connectivity index (χ3n) is 2.30. The van der Waals surface area contributed by atoms with E-state index in [1.54, 1.807) is 0 Å². The minimum absolute atomic E-state index is 0.437. The minimum atomic E-state index is 0.437. The summed E-state index contributed by atoms with van der Waals surface area (Å²) >= 11 is 0. The van der Waals surface area contributed by atoms with Crippen LogP contribution >= 0.6 is 0 Å². The van der Waals surface area contributed by atoms with Gasteiger partial charge in [0, 0.05) is 32.0 Å². The van der Waals surface area contributed by atoms with Gasteiger partial charge in [0.05, 0.1) is 6.04 Å². The third kappa shape index (κ3) is 3.47. The lowest BCUT2D eigenvalue weighted by Crippen LogP contribution is -2.31. The van der Waals surface area contributed by atoms with Crippen LogP contribution in [0.5, 0.6) is 0 Å². The number of nitrogens with one attached hydrogen (secondary N) is 1. The van der Waals surface area contributed by atoms with E-state index >= 15 is 0 Å². The fourth-order valence-corrected chi connectivity index (χ4v) is 1.47. The topological polar surface area (TPSA) is 33.1 Å². The Labute approximate surface area is 85.9 Å². The standard InChI is InChI=1S/C10H20N4/c1-10(14-7-4-5-12-14)9-13(3)8-6-11-2/h4-5,7,10-11H,6,8-9H2,1-3H3. The second-order valence-electron chi connectivity index (χ2n) is 3.70. The molecule has 0 amide bonds. The number of rotatable bonds is 6.